The Balaban J connectivity index is 1.92. The Hall–Kier alpha value is -2.33. The van der Waals surface area contributed by atoms with Gasteiger partial charge in [0.2, 0.25) is 0 Å². The molecular weight excluding hydrogens is 324 g/mol. The normalized spacial score (nSPS) is 12.5. The highest BCUT2D eigenvalue weighted by atomic mass is 16.5. The number of anilines is 1. The third kappa shape index (κ3) is 6.19. The van der Waals surface area contributed by atoms with Gasteiger partial charge in [0.25, 0.3) is 5.91 Å². The molecule has 0 spiro atoms. The Kier molecular flexibility index (Phi) is 6.81. The fourth-order valence-corrected chi connectivity index (χ4v) is 2.42. The number of carbonyl (C=O) groups is 1. The van der Waals surface area contributed by atoms with Gasteiger partial charge in [0.1, 0.15) is 5.75 Å². The second-order valence-corrected chi connectivity index (χ2v) is 7.78. The summed E-state index contributed by atoms with van der Waals surface area (Å²) in [6, 6.07) is 15.9. The van der Waals surface area contributed by atoms with Crippen molar-refractivity contribution in [3.05, 3.63) is 59.7 Å². The van der Waals surface area contributed by atoms with Crippen molar-refractivity contribution in [1.29, 1.82) is 0 Å². The van der Waals surface area contributed by atoms with Gasteiger partial charge >= 0.3 is 0 Å². The zero-order valence-corrected chi connectivity index (χ0v) is 16.4. The van der Waals surface area contributed by atoms with E-state index in [0.29, 0.717) is 12.6 Å². The maximum atomic E-state index is 12.2. The SMILES string of the molecule is Cc1cccc(NC(=O)COc2ccccc2CNC(C)C(C)(C)C)c1. The van der Waals surface area contributed by atoms with Gasteiger partial charge in [-0.2, -0.15) is 0 Å². The molecule has 140 valence electrons. The van der Waals surface area contributed by atoms with E-state index in [9.17, 15) is 4.79 Å². The fraction of sp³-hybridized carbons (Fsp3) is 0.409. The van der Waals surface area contributed by atoms with Gasteiger partial charge in [-0.05, 0) is 43.0 Å². The van der Waals surface area contributed by atoms with Crippen LogP contribution >= 0.6 is 0 Å². The average molecular weight is 354 g/mol. The molecule has 4 nitrogen and oxygen atoms in total. The number of rotatable bonds is 7. The van der Waals surface area contributed by atoms with Gasteiger partial charge in [0.15, 0.2) is 6.61 Å². The van der Waals surface area contributed by atoms with E-state index in [1.807, 2.05) is 55.5 Å². The summed E-state index contributed by atoms with van der Waals surface area (Å²) in [4.78, 5) is 12.2. The van der Waals surface area contributed by atoms with Crippen LogP contribution in [0.3, 0.4) is 0 Å². The summed E-state index contributed by atoms with van der Waals surface area (Å²) in [7, 11) is 0. The molecule has 0 saturated heterocycles. The molecule has 0 saturated carbocycles. The molecule has 1 amide bonds. The summed E-state index contributed by atoms with van der Waals surface area (Å²) in [5.41, 5.74) is 3.12. The maximum Gasteiger partial charge on any atom is 0.262 e. The van der Waals surface area contributed by atoms with Gasteiger partial charge < -0.3 is 15.4 Å². The van der Waals surface area contributed by atoms with Crippen molar-refractivity contribution in [2.24, 2.45) is 5.41 Å². The first-order valence-electron chi connectivity index (χ1n) is 9.06. The molecule has 0 aliphatic heterocycles. The van der Waals surface area contributed by atoms with E-state index in [4.69, 9.17) is 4.74 Å². The number of benzene rings is 2. The van der Waals surface area contributed by atoms with Crippen LogP contribution in [0.2, 0.25) is 0 Å². The minimum Gasteiger partial charge on any atom is -0.483 e. The minimum absolute atomic E-state index is 0.0141. The maximum absolute atomic E-state index is 12.2. The molecule has 0 aromatic heterocycles. The van der Waals surface area contributed by atoms with Crippen LogP contribution in [0.15, 0.2) is 48.5 Å². The quantitative estimate of drug-likeness (QED) is 0.768. The van der Waals surface area contributed by atoms with E-state index >= 15 is 0 Å². The molecule has 2 N–H and O–H groups in total. The van der Waals surface area contributed by atoms with E-state index in [0.717, 1.165) is 22.6 Å². The molecule has 0 aliphatic carbocycles. The molecule has 4 heteroatoms. The lowest BCUT2D eigenvalue weighted by Gasteiger charge is -2.28. The lowest BCUT2D eigenvalue weighted by Crippen LogP contribution is -2.37. The van der Waals surface area contributed by atoms with Gasteiger partial charge in [0.05, 0.1) is 0 Å². The zero-order valence-electron chi connectivity index (χ0n) is 16.4. The summed E-state index contributed by atoms with van der Waals surface area (Å²) < 4.78 is 5.77. The Morgan fingerprint density at radius 2 is 1.85 bits per heavy atom. The number of amides is 1. The monoisotopic (exact) mass is 354 g/mol. The molecule has 2 rings (SSSR count). The summed E-state index contributed by atoms with van der Waals surface area (Å²) in [5, 5.41) is 6.40. The largest absolute Gasteiger partial charge is 0.483 e. The van der Waals surface area contributed by atoms with E-state index in [-0.39, 0.29) is 17.9 Å². The van der Waals surface area contributed by atoms with Crippen molar-refractivity contribution >= 4 is 11.6 Å². The molecule has 0 heterocycles. The third-order valence-electron chi connectivity index (χ3n) is 4.53. The first kappa shape index (κ1) is 20.0. The van der Waals surface area contributed by atoms with Gasteiger partial charge in [-0.1, -0.05) is 51.1 Å². The van der Waals surface area contributed by atoms with Crippen molar-refractivity contribution in [2.45, 2.75) is 47.2 Å². The second kappa shape index (κ2) is 8.86. The number of hydrogen-bond donors (Lipinski definition) is 2. The third-order valence-corrected chi connectivity index (χ3v) is 4.53. The van der Waals surface area contributed by atoms with E-state index in [1.54, 1.807) is 0 Å². The lowest BCUT2D eigenvalue weighted by molar-refractivity contribution is -0.118. The van der Waals surface area contributed by atoms with E-state index in [1.165, 1.54) is 0 Å². The Morgan fingerprint density at radius 3 is 2.54 bits per heavy atom. The average Bonchev–Trinajstić information content (AvgIpc) is 2.57. The predicted octanol–water partition coefficient (Wildman–Crippen LogP) is 4.54. The van der Waals surface area contributed by atoms with Crippen molar-refractivity contribution in [3.63, 3.8) is 0 Å². The molecule has 0 bridgehead atoms. The zero-order chi connectivity index (χ0) is 19.2. The van der Waals surface area contributed by atoms with Crippen molar-refractivity contribution in [2.75, 3.05) is 11.9 Å². The van der Waals surface area contributed by atoms with Crippen LogP contribution in [-0.2, 0) is 11.3 Å². The number of carbonyl (C=O) groups excluding carboxylic acids is 1. The van der Waals surface area contributed by atoms with Crippen molar-refractivity contribution in [3.8, 4) is 5.75 Å². The van der Waals surface area contributed by atoms with Crippen LogP contribution in [0.1, 0.15) is 38.8 Å². The number of aryl methyl sites for hydroxylation is 1. The Labute approximate surface area is 157 Å². The minimum atomic E-state index is -0.165. The van der Waals surface area contributed by atoms with Gasteiger partial charge in [-0.3, -0.25) is 4.79 Å². The molecule has 26 heavy (non-hydrogen) atoms. The van der Waals surface area contributed by atoms with Crippen LogP contribution in [0, 0.1) is 12.3 Å². The highest BCUT2D eigenvalue weighted by molar-refractivity contribution is 5.91. The predicted molar refractivity (Wildman–Crippen MR) is 108 cm³/mol. The molecule has 1 atom stereocenters. The van der Waals surface area contributed by atoms with Gasteiger partial charge in [0, 0.05) is 23.8 Å². The van der Waals surface area contributed by atoms with Crippen LogP contribution in [-0.4, -0.2) is 18.6 Å². The standard InChI is InChI=1S/C22H30N2O2/c1-16-9-8-11-19(13-16)24-21(25)15-26-20-12-7-6-10-18(20)14-23-17(2)22(3,4)5/h6-13,17,23H,14-15H2,1-5H3,(H,24,25). The number of para-hydroxylation sites is 1. The van der Waals surface area contributed by atoms with Crippen LogP contribution in [0.5, 0.6) is 5.75 Å². The van der Waals surface area contributed by atoms with Crippen LogP contribution in [0.4, 0.5) is 5.69 Å². The number of ether oxygens (including phenoxy) is 1. The summed E-state index contributed by atoms with van der Waals surface area (Å²) >= 11 is 0. The highest BCUT2D eigenvalue weighted by Crippen LogP contribution is 2.22. The molecule has 0 fully saturated rings. The Bertz CT molecular complexity index is 735. The lowest BCUT2D eigenvalue weighted by atomic mass is 9.88. The molecule has 1 unspecified atom stereocenters. The van der Waals surface area contributed by atoms with Gasteiger partial charge in [-0.25, -0.2) is 0 Å². The van der Waals surface area contributed by atoms with E-state index < -0.39 is 0 Å². The summed E-state index contributed by atoms with van der Waals surface area (Å²) in [5.74, 6) is 0.571. The van der Waals surface area contributed by atoms with Crippen LogP contribution < -0.4 is 15.4 Å². The molecule has 0 radical (unpaired) electrons. The van der Waals surface area contributed by atoms with Crippen molar-refractivity contribution < 1.29 is 9.53 Å². The van der Waals surface area contributed by atoms with Crippen molar-refractivity contribution in [1.82, 2.24) is 5.32 Å². The first-order valence-corrected chi connectivity index (χ1v) is 9.06. The smallest absolute Gasteiger partial charge is 0.262 e. The molecule has 2 aromatic rings. The Morgan fingerprint density at radius 1 is 1.12 bits per heavy atom. The number of nitrogens with one attached hydrogen (secondary N) is 2. The van der Waals surface area contributed by atoms with Gasteiger partial charge in [-0.15, -0.1) is 0 Å². The summed E-state index contributed by atoms with van der Waals surface area (Å²) in [6.45, 7) is 11.5. The fourth-order valence-electron chi connectivity index (χ4n) is 2.42. The molecule has 2 aromatic carbocycles. The number of hydrogen-bond acceptors (Lipinski definition) is 3. The topological polar surface area (TPSA) is 50.4 Å². The van der Waals surface area contributed by atoms with E-state index in [2.05, 4.69) is 38.3 Å². The highest BCUT2D eigenvalue weighted by Gasteiger charge is 2.19. The molecular formula is C22H30N2O2. The second-order valence-electron chi connectivity index (χ2n) is 7.78. The summed E-state index contributed by atoms with van der Waals surface area (Å²) in [6.07, 6.45) is 0. The first-order chi connectivity index (χ1) is 12.3. The van der Waals surface area contributed by atoms with Crippen LogP contribution in [0.25, 0.3) is 0 Å². The molecule has 0 aliphatic rings.